The molecule has 158 valence electrons. The molecule has 30 heavy (non-hydrogen) atoms. The van der Waals surface area contributed by atoms with Crippen LogP contribution in [-0.4, -0.2) is 17.7 Å². The predicted molar refractivity (Wildman–Crippen MR) is 115 cm³/mol. The van der Waals surface area contributed by atoms with E-state index in [1.54, 1.807) is 0 Å². The Balaban J connectivity index is 1.80. The molecule has 0 saturated heterocycles. The average molecular weight is 408 g/mol. The first-order chi connectivity index (χ1) is 14.5. The van der Waals surface area contributed by atoms with E-state index in [2.05, 4.69) is 11.4 Å². The fraction of sp³-hybridized carbons (Fsp3) is 0.375. The van der Waals surface area contributed by atoms with Gasteiger partial charge in [0.25, 0.3) is 0 Å². The van der Waals surface area contributed by atoms with Gasteiger partial charge in [0.1, 0.15) is 0 Å². The van der Waals surface area contributed by atoms with Crippen LogP contribution < -0.4 is 16.8 Å². The highest BCUT2D eigenvalue weighted by atomic mass is 16.2. The minimum atomic E-state index is -0.926. The van der Waals surface area contributed by atoms with Crippen LogP contribution in [0.15, 0.2) is 54.6 Å². The fourth-order valence-corrected chi connectivity index (χ4v) is 4.32. The number of benzene rings is 2. The van der Waals surface area contributed by atoms with Crippen LogP contribution in [0.3, 0.4) is 0 Å². The van der Waals surface area contributed by atoms with Gasteiger partial charge in [0.2, 0.25) is 17.7 Å². The van der Waals surface area contributed by atoms with Crippen LogP contribution in [0.2, 0.25) is 0 Å². The smallest absolute Gasteiger partial charge is 0.224 e. The lowest BCUT2D eigenvalue weighted by molar-refractivity contribution is -0.136. The van der Waals surface area contributed by atoms with Gasteiger partial charge >= 0.3 is 0 Å². The number of aryl methyl sites for hydroxylation is 2. The Morgan fingerprint density at radius 1 is 0.967 bits per heavy atom. The minimum absolute atomic E-state index is 0.108. The zero-order chi connectivity index (χ0) is 21.5. The molecule has 0 spiro atoms. The van der Waals surface area contributed by atoms with Crippen molar-refractivity contribution in [2.24, 2.45) is 23.3 Å². The van der Waals surface area contributed by atoms with Crippen molar-refractivity contribution in [1.82, 2.24) is 5.32 Å². The van der Waals surface area contributed by atoms with Crippen LogP contribution >= 0.6 is 0 Å². The van der Waals surface area contributed by atoms with Gasteiger partial charge in [0, 0.05) is 6.42 Å². The molecule has 1 aliphatic rings. The van der Waals surface area contributed by atoms with E-state index in [-0.39, 0.29) is 18.4 Å². The molecule has 2 aromatic carbocycles. The molecule has 0 aromatic heterocycles. The van der Waals surface area contributed by atoms with Gasteiger partial charge in [0.15, 0.2) is 0 Å². The molecule has 3 amide bonds. The van der Waals surface area contributed by atoms with Crippen molar-refractivity contribution in [3.8, 4) is 0 Å². The Bertz CT molecular complexity index is 898. The molecule has 0 bridgehead atoms. The summed E-state index contributed by atoms with van der Waals surface area (Å²) < 4.78 is 0. The van der Waals surface area contributed by atoms with Gasteiger partial charge < -0.3 is 16.8 Å². The number of fused-ring (bicyclic) bond motifs is 1. The molecule has 3 rings (SSSR count). The summed E-state index contributed by atoms with van der Waals surface area (Å²) in [6.07, 6.45) is 3.59. The quantitative estimate of drug-likeness (QED) is 0.593. The normalized spacial score (nSPS) is 17.4. The number of nitrogens with two attached hydrogens (primary N) is 2. The number of hydrogen-bond donors (Lipinski definition) is 3. The van der Waals surface area contributed by atoms with E-state index in [0.29, 0.717) is 12.8 Å². The number of amides is 3. The molecule has 6 nitrogen and oxygen atoms in total. The monoisotopic (exact) mass is 407 g/mol. The molecule has 5 N–H and O–H groups in total. The second-order valence-corrected chi connectivity index (χ2v) is 7.96. The molecule has 2 aromatic rings. The largest absolute Gasteiger partial charge is 0.370 e. The summed E-state index contributed by atoms with van der Waals surface area (Å²) in [5.74, 6) is -3.21. The summed E-state index contributed by atoms with van der Waals surface area (Å²) in [6, 6.07) is 17.7. The highest BCUT2D eigenvalue weighted by molar-refractivity contribution is 5.90. The lowest BCUT2D eigenvalue weighted by Crippen LogP contribution is -2.43. The van der Waals surface area contributed by atoms with Crippen molar-refractivity contribution >= 4 is 17.7 Å². The van der Waals surface area contributed by atoms with Crippen molar-refractivity contribution in [2.75, 3.05) is 0 Å². The van der Waals surface area contributed by atoms with Crippen molar-refractivity contribution in [3.63, 3.8) is 0 Å². The molecule has 0 saturated carbocycles. The number of carbonyl (C=O) groups is 3. The van der Waals surface area contributed by atoms with Gasteiger partial charge in [-0.2, -0.15) is 0 Å². The third kappa shape index (κ3) is 5.47. The maximum Gasteiger partial charge on any atom is 0.224 e. The van der Waals surface area contributed by atoms with Crippen LogP contribution in [-0.2, 0) is 27.2 Å². The number of nitrogens with one attached hydrogen (secondary N) is 1. The van der Waals surface area contributed by atoms with Gasteiger partial charge in [-0.05, 0) is 48.8 Å². The fourth-order valence-electron chi connectivity index (χ4n) is 4.32. The van der Waals surface area contributed by atoms with E-state index >= 15 is 0 Å². The molecule has 0 radical (unpaired) electrons. The van der Waals surface area contributed by atoms with Crippen LogP contribution in [0.5, 0.6) is 0 Å². The zero-order valence-corrected chi connectivity index (χ0v) is 17.1. The van der Waals surface area contributed by atoms with Crippen molar-refractivity contribution in [1.29, 1.82) is 0 Å². The van der Waals surface area contributed by atoms with Crippen LogP contribution in [0.4, 0.5) is 0 Å². The first-order valence-electron chi connectivity index (χ1n) is 10.5. The van der Waals surface area contributed by atoms with Crippen LogP contribution in [0.1, 0.15) is 48.4 Å². The van der Waals surface area contributed by atoms with Gasteiger partial charge in [-0.1, -0.05) is 54.6 Å². The zero-order valence-electron chi connectivity index (χ0n) is 17.1. The molecule has 3 atom stereocenters. The summed E-state index contributed by atoms with van der Waals surface area (Å²) in [6.45, 7) is 0. The van der Waals surface area contributed by atoms with Gasteiger partial charge in [-0.25, -0.2) is 0 Å². The van der Waals surface area contributed by atoms with E-state index in [1.807, 2.05) is 48.5 Å². The molecule has 0 heterocycles. The summed E-state index contributed by atoms with van der Waals surface area (Å²) in [5, 5.41) is 3.12. The first-order valence-corrected chi connectivity index (χ1v) is 10.5. The standard InChI is InChI=1S/C24H29N3O3/c25-22(28)15-20(23(26)29)19(14-13-16-7-2-1-3-8-16)24(30)27-21-12-6-10-17-9-4-5-11-18(17)21/h1-5,7-9,11,19-21H,6,10,12-15H2,(H2,25,28)(H2,26,29)(H,27,30)/t19-,20?,21+/m0/s1. The average Bonchev–Trinajstić information content (AvgIpc) is 2.73. The Labute approximate surface area is 177 Å². The second kappa shape index (κ2) is 10.1. The molecule has 1 aliphatic carbocycles. The van der Waals surface area contributed by atoms with Gasteiger partial charge in [0.05, 0.1) is 17.9 Å². The molecule has 0 aliphatic heterocycles. The summed E-state index contributed by atoms with van der Waals surface area (Å²) in [4.78, 5) is 37.0. The van der Waals surface area contributed by atoms with Crippen molar-refractivity contribution in [2.45, 2.75) is 44.6 Å². The Morgan fingerprint density at radius 2 is 1.67 bits per heavy atom. The van der Waals surface area contributed by atoms with Gasteiger partial charge in [-0.3, -0.25) is 14.4 Å². The van der Waals surface area contributed by atoms with E-state index in [1.165, 1.54) is 5.56 Å². The minimum Gasteiger partial charge on any atom is -0.370 e. The lowest BCUT2D eigenvalue weighted by Gasteiger charge is -2.30. The third-order valence-corrected chi connectivity index (χ3v) is 5.88. The van der Waals surface area contributed by atoms with E-state index in [0.717, 1.165) is 30.4 Å². The molecule has 0 fully saturated rings. The van der Waals surface area contributed by atoms with Crippen LogP contribution in [0, 0.1) is 11.8 Å². The number of carbonyl (C=O) groups excluding carboxylic acids is 3. The van der Waals surface area contributed by atoms with Crippen LogP contribution in [0.25, 0.3) is 0 Å². The summed E-state index contributed by atoms with van der Waals surface area (Å²) >= 11 is 0. The maximum atomic E-state index is 13.3. The third-order valence-electron chi connectivity index (χ3n) is 5.88. The first kappa shape index (κ1) is 21.6. The second-order valence-electron chi connectivity index (χ2n) is 7.96. The highest BCUT2D eigenvalue weighted by Gasteiger charge is 2.35. The summed E-state index contributed by atoms with van der Waals surface area (Å²) in [7, 11) is 0. The van der Waals surface area contributed by atoms with Crippen molar-refractivity contribution in [3.05, 3.63) is 71.3 Å². The number of hydrogen-bond acceptors (Lipinski definition) is 3. The lowest BCUT2D eigenvalue weighted by atomic mass is 9.82. The van der Waals surface area contributed by atoms with E-state index < -0.39 is 23.7 Å². The molecule has 1 unspecified atom stereocenters. The topological polar surface area (TPSA) is 115 Å². The number of primary amides is 2. The highest BCUT2D eigenvalue weighted by Crippen LogP contribution is 2.31. The molecular formula is C24H29N3O3. The van der Waals surface area contributed by atoms with E-state index in [9.17, 15) is 14.4 Å². The Hall–Kier alpha value is -3.15. The Morgan fingerprint density at radius 3 is 2.37 bits per heavy atom. The Kier molecular flexibility index (Phi) is 7.22. The molecular weight excluding hydrogens is 378 g/mol. The van der Waals surface area contributed by atoms with Gasteiger partial charge in [-0.15, -0.1) is 0 Å². The maximum absolute atomic E-state index is 13.3. The van der Waals surface area contributed by atoms with E-state index in [4.69, 9.17) is 11.5 Å². The predicted octanol–water partition coefficient (Wildman–Crippen LogP) is 2.41. The SMILES string of the molecule is NC(=O)CC(C(N)=O)[C@H](CCc1ccccc1)C(=O)N[C@@H]1CCCc2ccccc21. The molecule has 6 heteroatoms. The number of rotatable bonds is 9. The van der Waals surface area contributed by atoms with Crippen molar-refractivity contribution < 1.29 is 14.4 Å². The summed E-state index contributed by atoms with van der Waals surface area (Å²) in [5.41, 5.74) is 14.3.